The molecule has 1 fully saturated rings. The summed E-state index contributed by atoms with van der Waals surface area (Å²) in [6.07, 6.45) is 7.94. The van der Waals surface area contributed by atoms with Gasteiger partial charge in [-0.25, -0.2) is 4.98 Å². The molecule has 1 aromatic carbocycles. The number of ketones is 1. The van der Waals surface area contributed by atoms with E-state index in [1.165, 1.54) is 18.1 Å². The van der Waals surface area contributed by atoms with Crippen LogP contribution >= 0.6 is 11.3 Å². The molecule has 1 aromatic heterocycles. The van der Waals surface area contributed by atoms with Gasteiger partial charge in [-0.3, -0.25) is 9.59 Å². The van der Waals surface area contributed by atoms with E-state index in [0.29, 0.717) is 24.5 Å². The average molecular weight is 439 g/mol. The highest BCUT2D eigenvalue weighted by molar-refractivity contribution is 7.09. The molecule has 0 atom stereocenters. The number of hydrogen-bond donors (Lipinski definition) is 0. The maximum atomic E-state index is 11.9. The summed E-state index contributed by atoms with van der Waals surface area (Å²) < 4.78 is 0. The fourth-order valence-electron chi connectivity index (χ4n) is 3.46. The van der Waals surface area contributed by atoms with E-state index in [0.717, 1.165) is 30.9 Å². The number of thiazole rings is 1. The average Bonchev–Trinajstić information content (AvgIpc) is 3.23. The number of nitrogens with zero attached hydrogens (tertiary/aromatic N) is 2. The van der Waals surface area contributed by atoms with Gasteiger partial charge < -0.3 is 4.90 Å². The minimum atomic E-state index is 0.00870. The molecule has 1 amide bonds. The van der Waals surface area contributed by atoms with Crippen LogP contribution in [0.2, 0.25) is 0 Å². The summed E-state index contributed by atoms with van der Waals surface area (Å²) in [6.45, 7) is 11.9. The van der Waals surface area contributed by atoms with Gasteiger partial charge in [0.2, 0.25) is 5.91 Å². The molecule has 31 heavy (non-hydrogen) atoms. The van der Waals surface area contributed by atoms with Gasteiger partial charge in [0.05, 0.1) is 5.01 Å². The van der Waals surface area contributed by atoms with Gasteiger partial charge in [0.15, 0.2) is 5.78 Å². The van der Waals surface area contributed by atoms with Crippen molar-refractivity contribution in [2.75, 3.05) is 13.1 Å². The number of hydrogen-bond acceptors (Lipinski definition) is 4. The Bertz CT molecular complexity index is 925. The van der Waals surface area contributed by atoms with Crippen molar-refractivity contribution < 1.29 is 9.59 Å². The van der Waals surface area contributed by atoms with E-state index in [2.05, 4.69) is 62.9 Å². The SMILES string of the molecule is C#CCCC(=O)N1CCC(c2nc(C(C)=O)cs2)CC1.Cc1cccc(C(C)(C)C)c1. The molecule has 2 heterocycles. The van der Waals surface area contributed by atoms with Crippen molar-refractivity contribution in [2.45, 2.75) is 71.6 Å². The van der Waals surface area contributed by atoms with E-state index < -0.39 is 0 Å². The molecular formula is C26H34N2O2S. The number of amides is 1. The van der Waals surface area contributed by atoms with Crippen molar-refractivity contribution >= 4 is 23.0 Å². The third-order valence-corrected chi connectivity index (χ3v) is 6.45. The molecule has 0 N–H and O–H groups in total. The zero-order valence-corrected chi connectivity index (χ0v) is 20.2. The number of terminal acetylenes is 1. The molecule has 0 aliphatic carbocycles. The second-order valence-corrected chi connectivity index (χ2v) is 10.00. The largest absolute Gasteiger partial charge is 0.343 e. The lowest BCUT2D eigenvalue weighted by atomic mass is 9.86. The lowest BCUT2D eigenvalue weighted by Gasteiger charge is -2.31. The molecule has 0 unspecified atom stereocenters. The zero-order chi connectivity index (χ0) is 23.0. The van der Waals surface area contributed by atoms with Crippen LogP contribution in [0.1, 0.15) is 85.9 Å². The number of carbonyl (C=O) groups excluding carboxylic acids is 2. The Balaban J connectivity index is 0.000000262. The van der Waals surface area contributed by atoms with Crippen LogP contribution in [0.3, 0.4) is 0 Å². The van der Waals surface area contributed by atoms with Gasteiger partial charge in [-0.05, 0) is 30.7 Å². The molecule has 166 valence electrons. The standard InChI is InChI=1S/C15H18N2O2S.C11H16/c1-3-4-5-14(19)17-8-6-12(7-9-17)15-16-13(10-20-15)11(2)18;1-9-6-5-7-10(8-9)11(2,3)4/h1,10,12H,4-9H2,2H3;5-8H,1-4H3. The number of rotatable bonds is 4. The molecule has 0 bridgehead atoms. The highest BCUT2D eigenvalue weighted by atomic mass is 32.1. The normalized spacial score (nSPS) is 14.4. The first-order chi connectivity index (χ1) is 14.6. The highest BCUT2D eigenvalue weighted by Gasteiger charge is 2.25. The molecule has 1 saturated heterocycles. The summed E-state index contributed by atoms with van der Waals surface area (Å²) >= 11 is 1.55. The van der Waals surface area contributed by atoms with E-state index in [-0.39, 0.29) is 17.1 Å². The van der Waals surface area contributed by atoms with Crippen molar-refractivity contribution in [2.24, 2.45) is 0 Å². The second kappa shape index (κ2) is 11.2. The number of piperidine rings is 1. The predicted octanol–water partition coefficient (Wildman–Crippen LogP) is 5.76. The first kappa shape index (κ1) is 24.8. The van der Waals surface area contributed by atoms with Crippen LogP contribution in [0.25, 0.3) is 0 Å². The number of aryl methyl sites for hydroxylation is 1. The number of likely N-dealkylation sites (tertiary alicyclic amines) is 1. The van der Waals surface area contributed by atoms with Gasteiger partial charge in [0.1, 0.15) is 5.69 Å². The Hall–Kier alpha value is -2.45. The monoisotopic (exact) mass is 438 g/mol. The molecule has 0 saturated carbocycles. The lowest BCUT2D eigenvalue weighted by Crippen LogP contribution is -2.37. The van der Waals surface area contributed by atoms with Crippen molar-refractivity contribution in [1.82, 2.24) is 9.88 Å². The Morgan fingerprint density at radius 3 is 2.42 bits per heavy atom. The Morgan fingerprint density at radius 1 is 1.26 bits per heavy atom. The third kappa shape index (κ3) is 7.63. The predicted molar refractivity (Wildman–Crippen MR) is 129 cm³/mol. The maximum absolute atomic E-state index is 11.9. The van der Waals surface area contributed by atoms with Crippen LogP contribution in [-0.4, -0.2) is 34.7 Å². The van der Waals surface area contributed by atoms with Crippen LogP contribution in [-0.2, 0) is 10.2 Å². The topological polar surface area (TPSA) is 50.3 Å². The van der Waals surface area contributed by atoms with Gasteiger partial charge in [0.25, 0.3) is 0 Å². The molecule has 3 rings (SSSR count). The molecule has 1 aliphatic rings. The fourth-order valence-corrected chi connectivity index (χ4v) is 4.49. The van der Waals surface area contributed by atoms with Crippen LogP contribution in [0, 0.1) is 19.3 Å². The smallest absolute Gasteiger partial charge is 0.223 e. The minimum Gasteiger partial charge on any atom is -0.343 e. The Morgan fingerprint density at radius 2 is 1.94 bits per heavy atom. The quantitative estimate of drug-likeness (QED) is 0.451. The fraction of sp³-hybridized carbons (Fsp3) is 0.500. The number of carbonyl (C=O) groups is 2. The summed E-state index contributed by atoms with van der Waals surface area (Å²) in [5, 5.41) is 2.84. The number of Topliss-reactive ketones (excluding diaryl/α,β-unsaturated/α-hetero) is 1. The van der Waals surface area contributed by atoms with E-state index in [1.807, 2.05) is 10.3 Å². The number of benzene rings is 1. The Labute approximate surface area is 191 Å². The molecule has 0 radical (unpaired) electrons. The first-order valence-electron chi connectivity index (χ1n) is 10.9. The zero-order valence-electron chi connectivity index (χ0n) is 19.4. The molecule has 5 heteroatoms. The molecule has 1 aliphatic heterocycles. The van der Waals surface area contributed by atoms with E-state index in [4.69, 9.17) is 6.42 Å². The summed E-state index contributed by atoms with van der Waals surface area (Å²) in [4.78, 5) is 29.4. The van der Waals surface area contributed by atoms with Gasteiger partial charge >= 0.3 is 0 Å². The van der Waals surface area contributed by atoms with Crippen LogP contribution in [0.15, 0.2) is 29.6 Å². The van der Waals surface area contributed by atoms with Crippen molar-refractivity contribution in [3.63, 3.8) is 0 Å². The van der Waals surface area contributed by atoms with E-state index in [9.17, 15) is 9.59 Å². The van der Waals surface area contributed by atoms with E-state index >= 15 is 0 Å². The summed E-state index contributed by atoms with van der Waals surface area (Å²) in [7, 11) is 0. The van der Waals surface area contributed by atoms with Gasteiger partial charge in [-0.15, -0.1) is 23.7 Å². The van der Waals surface area contributed by atoms with Gasteiger partial charge in [0, 0.05) is 44.2 Å². The van der Waals surface area contributed by atoms with Crippen molar-refractivity contribution in [3.05, 3.63) is 51.5 Å². The van der Waals surface area contributed by atoms with Gasteiger partial charge in [-0.2, -0.15) is 0 Å². The first-order valence-corrected chi connectivity index (χ1v) is 11.7. The minimum absolute atomic E-state index is 0.00870. The van der Waals surface area contributed by atoms with Crippen LogP contribution < -0.4 is 0 Å². The summed E-state index contributed by atoms with van der Waals surface area (Å²) in [5.74, 6) is 3.02. The Kier molecular flexibility index (Phi) is 9.00. The number of aromatic nitrogens is 1. The summed E-state index contributed by atoms with van der Waals surface area (Å²) in [5.41, 5.74) is 3.60. The molecule has 4 nitrogen and oxygen atoms in total. The van der Waals surface area contributed by atoms with E-state index in [1.54, 1.807) is 11.3 Å². The summed E-state index contributed by atoms with van der Waals surface area (Å²) in [6, 6.07) is 8.69. The van der Waals surface area contributed by atoms with Gasteiger partial charge in [-0.1, -0.05) is 50.6 Å². The lowest BCUT2D eigenvalue weighted by molar-refractivity contribution is -0.132. The highest BCUT2D eigenvalue weighted by Crippen LogP contribution is 2.30. The van der Waals surface area contributed by atoms with Crippen LogP contribution in [0.5, 0.6) is 0 Å². The molecule has 2 aromatic rings. The maximum Gasteiger partial charge on any atom is 0.223 e. The third-order valence-electron chi connectivity index (χ3n) is 5.45. The van der Waals surface area contributed by atoms with Crippen LogP contribution in [0.4, 0.5) is 0 Å². The molecular weight excluding hydrogens is 404 g/mol. The van der Waals surface area contributed by atoms with Crippen molar-refractivity contribution in [1.29, 1.82) is 0 Å². The molecule has 0 spiro atoms. The van der Waals surface area contributed by atoms with Crippen molar-refractivity contribution in [3.8, 4) is 12.3 Å². The second-order valence-electron chi connectivity index (χ2n) is 9.11.